The fourth-order valence-corrected chi connectivity index (χ4v) is 12.5. The Bertz CT molecular complexity index is 3670. The van der Waals surface area contributed by atoms with Crippen molar-refractivity contribution in [2.24, 2.45) is 0 Å². The number of hydrogen-bond acceptors (Lipinski definition) is 17. The molecule has 1 N–H and O–H groups in total. The van der Waals surface area contributed by atoms with Crippen LogP contribution in [-0.2, 0) is 86.0 Å². The van der Waals surface area contributed by atoms with Crippen LogP contribution in [0.4, 0.5) is 0 Å². The molecule has 81 heavy (non-hydrogen) atoms. The molecule has 17 heteroatoms. The molecule has 6 aliphatic heterocycles. The molecule has 3 spiro atoms. The van der Waals surface area contributed by atoms with Crippen molar-refractivity contribution in [2.45, 2.75) is 225 Å². The maximum Gasteiger partial charge on any atom is 0.229 e. The van der Waals surface area contributed by atoms with E-state index >= 15 is 0 Å². The molecule has 6 saturated heterocycles. The molecule has 6 heterocycles. The quantitative estimate of drug-likeness (QED) is 0.113. The Morgan fingerprint density at radius 1 is 0.457 bits per heavy atom. The van der Waals surface area contributed by atoms with E-state index in [1.165, 1.54) is 19.2 Å². The highest BCUT2D eigenvalue weighted by molar-refractivity contribution is 5.31. The van der Waals surface area contributed by atoms with Gasteiger partial charge in [0.25, 0.3) is 0 Å². The average molecular weight is 1140 g/mol. The normalized spacial score (nSPS) is 40.2. The van der Waals surface area contributed by atoms with Crippen LogP contribution in [0.2, 0.25) is 0 Å². The van der Waals surface area contributed by atoms with Gasteiger partial charge in [-0.25, -0.2) is 0 Å². The van der Waals surface area contributed by atoms with Gasteiger partial charge in [0.2, 0.25) is 6.29 Å². The second-order valence-electron chi connectivity index (χ2n) is 21.8. The lowest BCUT2D eigenvalue weighted by molar-refractivity contribution is -0.445. The first-order valence-electron chi connectivity index (χ1n) is 38.7. The molecule has 0 amide bonds. The molecule has 9 aliphatic rings. The molecule has 3 aliphatic carbocycles. The summed E-state index contributed by atoms with van der Waals surface area (Å²) in [6.45, 7) is -11.2. The second kappa shape index (κ2) is 25.2. The highest BCUT2D eigenvalue weighted by Gasteiger charge is 2.62. The highest BCUT2D eigenvalue weighted by atomic mass is 16.8. The smallest absolute Gasteiger partial charge is 0.229 e. The Labute approximate surface area is 504 Å². The lowest BCUT2D eigenvalue weighted by atomic mass is 9.89. The van der Waals surface area contributed by atoms with E-state index in [0.29, 0.717) is 82.8 Å². The van der Waals surface area contributed by atoms with E-state index in [2.05, 4.69) is 0 Å². The first kappa shape index (κ1) is 36.7. The van der Waals surface area contributed by atoms with Crippen LogP contribution in [0.3, 0.4) is 0 Å². The molecular formula is C64H80O17. The van der Waals surface area contributed by atoms with E-state index in [0.717, 1.165) is 19.3 Å². The van der Waals surface area contributed by atoms with Crippen molar-refractivity contribution in [1.29, 1.82) is 0 Å². The van der Waals surface area contributed by atoms with Gasteiger partial charge in [-0.05, 0) is 79.5 Å². The zero-order valence-corrected chi connectivity index (χ0v) is 44.7. The number of aliphatic hydroxyl groups excluding tert-OH is 1. The number of ether oxygens (including phenoxy) is 16. The molecule has 0 unspecified atom stereocenters. The van der Waals surface area contributed by atoms with Crippen molar-refractivity contribution in [3.63, 3.8) is 0 Å². The van der Waals surface area contributed by atoms with Gasteiger partial charge in [-0.1, -0.05) is 110 Å². The maximum atomic E-state index is 13.2. The van der Waals surface area contributed by atoms with E-state index in [4.69, 9.17) is 96.4 Å². The Hall–Kier alpha value is -4.12. The summed E-state index contributed by atoms with van der Waals surface area (Å²) in [5.41, 5.74) is -2.92. The van der Waals surface area contributed by atoms with Gasteiger partial charge < -0.3 is 80.9 Å². The number of rotatable bonds is 16. The van der Waals surface area contributed by atoms with E-state index in [-0.39, 0.29) is 25.6 Å². The summed E-state index contributed by atoms with van der Waals surface area (Å²) >= 11 is 0. The summed E-state index contributed by atoms with van der Waals surface area (Å²) in [5.74, 6) is -3.63. The summed E-state index contributed by atoms with van der Waals surface area (Å²) in [6.07, 6.45) is -19.1. The molecule has 0 radical (unpaired) electrons. The van der Waals surface area contributed by atoms with E-state index in [9.17, 15) is 13.3 Å². The minimum atomic E-state index is -3.55. The van der Waals surface area contributed by atoms with E-state index in [1.807, 2.05) is 0 Å². The number of benzene rings is 4. The molecule has 0 bridgehead atoms. The van der Waals surface area contributed by atoms with Crippen molar-refractivity contribution in [1.82, 2.24) is 0 Å². The van der Waals surface area contributed by atoms with Gasteiger partial charge in [-0.3, -0.25) is 0 Å². The molecule has 9 fully saturated rings. The zero-order valence-electron chi connectivity index (χ0n) is 65.7. The van der Waals surface area contributed by atoms with Crippen LogP contribution in [0.1, 0.15) is 142 Å². The third-order valence-electron chi connectivity index (χ3n) is 16.5. The molecule has 438 valence electrons. The van der Waals surface area contributed by atoms with Crippen molar-refractivity contribution in [3.05, 3.63) is 132 Å². The molecule has 4 aromatic rings. The van der Waals surface area contributed by atoms with E-state index in [1.54, 1.807) is 12.1 Å². The minimum absolute atomic E-state index is 0.0578. The molecule has 4 aromatic carbocycles. The molecule has 17 nitrogen and oxygen atoms in total. The van der Waals surface area contributed by atoms with Crippen LogP contribution >= 0.6 is 0 Å². The highest BCUT2D eigenvalue weighted by Crippen LogP contribution is 2.48. The van der Waals surface area contributed by atoms with Gasteiger partial charge >= 0.3 is 0 Å². The minimum Gasteiger partial charge on any atom is -0.497 e. The average Bonchev–Trinajstić information content (AvgIpc) is 0.736. The first-order valence-corrected chi connectivity index (χ1v) is 28.2. The van der Waals surface area contributed by atoms with Crippen LogP contribution in [-0.4, -0.2) is 142 Å². The molecule has 3 saturated carbocycles. The third kappa shape index (κ3) is 12.5. The number of methoxy groups -OCH3 is 1. The number of hydrogen-bond donors (Lipinski definition) is 1. The van der Waals surface area contributed by atoms with Gasteiger partial charge in [-0.15, -0.1) is 0 Å². The first-order chi connectivity index (χ1) is 48.2. The summed E-state index contributed by atoms with van der Waals surface area (Å²) < 4.78 is 295. The van der Waals surface area contributed by atoms with Crippen molar-refractivity contribution < 1.29 is 110 Å². The Kier molecular flexibility index (Phi) is 11.4. The van der Waals surface area contributed by atoms with Gasteiger partial charge in [0.1, 0.15) is 84.7 Å². The van der Waals surface area contributed by atoms with Gasteiger partial charge in [-0.2, -0.15) is 0 Å². The summed E-state index contributed by atoms with van der Waals surface area (Å²) in [4.78, 5) is 0. The van der Waals surface area contributed by atoms with E-state index < -0.39 is 236 Å². The molecular weight excluding hydrogens is 1040 g/mol. The third-order valence-corrected chi connectivity index (χ3v) is 16.5. The fraction of sp³-hybridized carbons (Fsp3) is 0.625. The van der Waals surface area contributed by atoms with Crippen LogP contribution < -0.4 is 9.47 Å². The number of fused-ring (bicyclic) bond motifs is 3. The molecule has 15 atom stereocenters. The largest absolute Gasteiger partial charge is 0.497 e. The SMILES string of the molecule is [2H]c1c([2H])c([2H])c(C([2H])([2H])O[C@@H]2[C@@H](O)[C@@H](O[C@@H]3[C@@H](OC([2H])([2H])c4c([2H])c([2H])c([2H])c([2H])c4[2H])[C@@H](O[C@@H]4[C@@H](OC([2H])([2H])c5c([2H])c([2H])c([2H])c([2H])c5[2H])[C@@H](Oc5ccc(OC)cc5)O[C@@H]5COC6(CCCCC6)O[C@@H]45)O[C@@H]4COC5(CCCCC5)O[C@@H]34)O[C@@H]3COC4(CCCCC4)O[C@@H]23)c([2H])c1[2H]. The lowest BCUT2D eigenvalue weighted by Crippen LogP contribution is -2.72. The Balaban J connectivity index is 0.979. The second-order valence-corrected chi connectivity index (χ2v) is 21.8. The summed E-state index contributed by atoms with van der Waals surface area (Å²) in [7, 11) is 1.43. The van der Waals surface area contributed by atoms with Crippen LogP contribution in [0, 0.1) is 0 Å². The van der Waals surface area contributed by atoms with Crippen LogP contribution in [0.5, 0.6) is 11.5 Å². The van der Waals surface area contributed by atoms with Gasteiger partial charge in [0.15, 0.2) is 29.9 Å². The maximum absolute atomic E-state index is 13.2. The Morgan fingerprint density at radius 2 is 0.815 bits per heavy atom. The summed E-state index contributed by atoms with van der Waals surface area (Å²) in [6, 6.07) is -7.98. The predicted molar refractivity (Wildman–Crippen MR) is 290 cm³/mol. The van der Waals surface area contributed by atoms with Crippen molar-refractivity contribution in [2.75, 3.05) is 26.9 Å². The summed E-state index contributed by atoms with van der Waals surface area (Å²) in [5, 5.41) is 13.2. The Morgan fingerprint density at radius 3 is 1.25 bits per heavy atom. The number of aliphatic hydroxyl groups is 1. The predicted octanol–water partition coefficient (Wildman–Crippen LogP) is 9.36. The van der Waals surface area contributed by atoms with Crippen LogP contribution in [0.25, 0.3) is 0 Å². The topological polar surface area (TPSA) is 168 Å². The molecule has 13 rings (SSSR count). The lowest BCUT2D eigenvalue weighted by Gasteiger charge is -2.56. The van der Waals surface area contributed by atoms with Crippen LogP contribution in [0.15, 0.2) is 115 Å². The van der Waals surface area contributed by atoms with Crippen molar-refractivity contribution >= 4 is 0 Å². The van der Waals surface area contributed by atoms with Gasteiger partial charge in [0, 0.05) is 38.5 Å². The fourth-order valence-electron chi connectivity index (χ4n) is 12.5. The monoisotopic (exact) mass is 1140 g/mol. The molecule has 0 aromatic heterocycles. The standard InChI is InChI=1S/C64H80O17/c1-66-45-26-28-46(29-27-45)73-60-57(68-37-43-22-10-3-11-23-43)56(53-48(75-60)40-71-64(81-53)34-18-7-19-35-64)78-61-58(69-38-44-24-12-4-13-25-44)55(52-49(76-61)41-72-63(80-52)32-16-6-17-33-63)77-59-50(65)54(67-36-42-20-8-2-9-21-42)51-47(74-59)39-70-62(79-51)30-14-5-15-31-62/h2-4,8-13,20-29,47-61,65H,5-7,14-19,30-41H2,1H3/t47-,48-,49-,50-,51-,52-,53-,54-,55+,56+,57-,58-,59-,60+,61-/m1/s1/i2D,3D,4D,8D,9D,10D,11D,12D,13D,20D,21D,22D,23D,24D,25D,36D2,37D2,38D2. The van der Waals surface area contributed by atoms with Crippen molar-refractivity contribution in [3.8, 4) is 11.5 Å². The van der Waals surface area contributed by atoms with Gasteiger partial charge in [0.05, 0.1) is 75.4 Å². The zero-order chi connectivity index (χ0) is 73.1.